The SMILES string of the molecule is C[C@H]1Sc2ccc(S(=O)(=O)N3CCCC[C@@H]3C)cc2NC1=O. The molecule has 1 saturated heterocycles. The number of sulfonamides is 1. The Morgan fingerprint density at radius 3 is 2.77 bits per heavy atom. The van der Waals surface area contributed by atoms with Crippen molar-refractivity contribution in [2.75, 3.05) is 11.9 Å². The maximum Gasteiger partial charge on any atom is 0.243 e. The largest absolute Gasteiger partial charge is 0.324 e. The molecule has 2 aliphatic heterocycles. The normalized spacial score (nSPS) is 26.4. The van der Waals surface area contributed by atoms with E-state index < -0.39 is 10.0 Å². The Kier molecular flexibility index (Phi) is 4.22. The molecule has 2 atom stereocenters. The number of carbonyl (C=O) groups is 1. The van der Waals surface area contributed by atoms with Crippen molar-refractivity contribution in [2.24, 2.45) is 0 Å². The second kappa shape index (κ2) is 5.86. The number of hydrogen-bond donors (Lipinski definition) is 1. The molecule has 2 heterocycles. The van der Waals surface area contributed by atoms with Gasteiger partial charge in [0.25, 0.3) is 0 Å². The van der Waals surface area contributed by atoms with Crippen molar-refractivity contribution < 1.29 is 13.2 Å². The Balaban J connectivity index is 1.95. The molecule has 3 rings (SSSR count). The molecule has 1 N–H and O–H groups in total. The minimum atomic E-state index is -3.50. The quantitative estimate of drug-likeness (QED) is 0.899. The van der Waals surface area contributed by atoms with Crippen LogP contribution in [0, 0.1) is 0 Å². The van der Waals surface area contributed by atoms with Gasteiger partial charge in [0.15, 0.2) is 0 Å². The van der Waals surface area contributed by atoms with Crippen LogP contribution in [0.2, 0.25) is 0 Å². The van der Waals surface area contributed by atoms with Crippen molar-refractivity contribution in [3.63, 3.8) is 0 Å². The number of carbonyl (C=O) groups excluding carboxylic acids is 1. The molecule has 0 aromatic heterocycles. The first-order valence-corrected chi connectivity index (χ1v) is 9.85. The molecule has 7 heteroatoms. The van der Waals surface area contributed by atoms with E-state index in [-0.39, 0.29) is 22.1 Å². The Bertz CT molecular complexity index is 703. The summed E-state index contributed by atoms with van der Waals surface area (Å²) >= 11 is 1.45. The molecule has 0 radical (unpaired) electrons. The summed E-state index contributed by atoms with van der Waals surface area (Å²) in [5.74, 6) is -0.0848. The highest BCUT2D eigenvalue weighted by atomic mass is 32.2. The van der Waals surface area contributed by atoms with Crippen LogP contribution in [0.4, 0.5) is 5.69 Å². The third-order valence-corrected chi connectivity index (χ3v) is 7.42. The van der Waals surface area contributed by atoms with E-state index in [1.165, 1.54) is 11.8 Å². The Morgan fingerprint density at radius 2 is 2.05 bits per heavy atom. The van der Waals surface area contributed by atoms with Crippen LogP contribution in [0.5, 0.6) is 0 Å². The van der Waals surface area contributed by atoms with Crippen molar-refractivity contribution in [3.8, 4) is 0 Å². The zero-order valence-electron chi connectivity index (χ0n) is 12.7. The second-order valence-corrected chi connectivity index (χ2v) is 9.14. The predicted molar refractivity (Wildman–Crippen MR) is 87.6 cm³/mol. The summed E-state index contributed by atoms with van der Waals surface area (Å²) in [6.07, 6.45) is 2.87. The molecule has 5 nitrogen and oxygen atoms in total. The van der Waals surface area contributed by atoms with Gasteiger partial charge in [-0.2, -0.15) is 4.31 Å². The standard InChI is InChI=1S/C15H20N2O3S2/c1-10-5-3-4-8-17(10)22(19,20)12-6-7-14-13(9-12)16-15(18)11(2)21-14/h6-7,9-11H,3-5,8H2,1-2H3,(H,16,18)/t10-,11+/m0/s1. The van der Waals surface area contributed by atoms with E-state index in [9.17, 15) is 13.2 Å². The molecule has 1 aromatic rings. The van der Waals surface area contributed by atoms with Crippen LogP contribution in [-0.4, -0.2) is 36.5 Å². The van der Waals surface area contributed by atoms with Crippen LogP contribution in [-0.2, 0) is 14.8 Å². The van der Waals surface area contributed by atoms with E-state index >= 15 is 0 Å². The number of thioether (sulfide) groups is 1. The average molecular weight is 340 g/mol. The number of fused-ring (bicyclic) bond motifs is 1. The molecule has 1 fully saturated rings. The third-order valence-electron chi connectivity index (χ3n) is 4.23. The van der Waals surface area contributed by atoms with Crippen molar-refractivity contribution in [3.05, 3.63) is 18.2 Å². The van der Waals surface area contributed by atoms with Crippen LogP contribution in [0.25, 0.3) is 0 Å². The molecule has 0 bridgehead atoms. The number of hydrogen-bond acceptors (Lipinski definition) is 4. The van der Waals surface area contributed by atoms with Crippen LogP contribution < -0.4 is 5.32 Å². The van der Waals surface area contributed by atoms with Gasteiger partial charge in [-0.15, -0.1) is 11.8 Å². The first-order valence-electron chi connectivity index (χ1n) is 7.53. The van der Waals surface area contributed by atoms with Crippen LogP contribution in [0.1, 0.15) is 33.1 Å². The molecule has 1 amide bonds. The topological polar surface area (TPSA) is 66.5 Å². The van der Waals surface area contributed by atoms with Gasteiger partial charge in [0, 0.05) is 17.5 Å². The van der Waals surface area contributed by atoms with Gasteiger partial charge in [0.2, 0.25) is 15.9 Å². The minimum absolute atomic E-state index is 0.0266. The molecular formula is C15H20N2O3S2. The van der Waals surface area contributed by atoms with Gasteiger partial charge in [-0.05, 0) is 44.9 Å². The lowest BCUT2D eigenvalue weighted by molar-refractivity contribution is -0.115. The lowest BCUT2D eigenvalue weighted by atomic mass is 10.1. The van der Waals surface area contributed by atoms with Gasteiger partial charge in [-0.1, -0.05) is 6.42 Å². The van der Waals surface area contributed by atoms with Crippen LogP contribution in [0.15, 0.2) is 28.0 Å². The number of nitrogens with zero attached hydrogens (tertiary/aromatic N) is 1. The Morgan fingerprint density at radius 1 is 1.27 bits per heavy atom. The van der Waals surface area contributed by atoms with Crippen LogP contribution >= 0.6 is 11.8 Å². The molecule has 1 aromatic carbocycles. The highest BCUT2D eigenvalue weighted by Crippen LogP contribution is 2.37. The molecule has 0 spiro atoms. The average Bonchev–Trinajstić information content (AvgIpc) is 2.48. The summed E-state index contributed by atoms with van der Waals surface area (Å²) in [7, 11) is -3.50. The van der Waals surface area contributed by atoms with E-state index in [0.717, 1.165) is 24.2 Å². The van der Waals surface area contributed by atoms with Gasteiger partial charge in [0.05, 0.1) is 15.8 Å². The fourth-order valence-corrected chi connectivity index (χ4v) is 5.57. The van der Waals surface area contributed by atoms with Gasteiger partial charge < -0.3 is 5.32 Å². The molecule has 120 valence electrons. The Labute approximate surface area is 135 Å². The summed E-state index contributed by atoms with van der Waals surface area (Å²) in [5, 5.41) is 2.64. The maximum atomic E-state index is 12.8. The van der Waals surface area contributed by atoms with E-state index in [0.29, 0.717) is 12.2 Å². The number of nitrogens with one attached hydrogen (secondary N) is 1. The predicted octanol–water partition coefficient (Wildman–Crippen LogP) is 2.68. The second-order valence-electron chi connectivity index (χ2n) is 5.87. The molecule has 0 saturated carbocycles. The number of benzene rings is 1. The zero-order valence-corrected chi connectivity index (χ0v) is 14.3. The maximum absolute atomic E-state index is 12.8. The summed E-state index contributed by atoms with van der Waals surface area (Å²) in [4.78, 5) is 13.0. The van der Waals surface area contributed by atoms with Gasteiger partial charge in [-0.3, -0.25) is 4.79 Å². The molecular weight excluding hydrogens is 320 g/mol. The lowest BCUT2D eigenvalue weighted by Gasteiger charge is -2.32. The van der Waals surface area contributed by atoms with Gasteiger partial charge >= 0.3 is 0 Å². The molecule has 22 heavy (non-hydrogen) atoms. The van der Waals surface area contributed by atoms with Gasteiger partial charge in [0.1, 0.15) is 0 Å². The number of rotatable bonds is 2. The fourth-order valence-electron chi connectivity index (χ4n) is 2.91. The molecule has 0 unspecified atom stereocenters. The minimum Gasteiger partial charge on any atom is -0.324 e. The highest BCUT2D eigenvalue weighted by molar-refractivity contribution is 8.01. The summed E-state index contributed by atoms with van der Waals surface area (Å²) < 4.78 is 27.3. The van der Waals surface area contributed by atoms with E-state index in [1.807, 2.05) is 13.8 Å². The third kappa shape index (κ3) is 2.77. The zero-order chi connectivity index (χ0) is 15.9. The van der Waals surface area contributed by atoms with E-state index in [4.69, 9.17) is 0 Å². The molecule has 0 aliphatic carbocycles. The fraction of sp³-hybridized carbons (Fsp3) is 0.533. The van der Waals surface area contributed by atoms with Crippen molar-refractivity contribution in [2.45, 2.75) is 54.2 Å². The van der Waals surface area contributed by atoms with Crippen molar-refractivity contribution >= 4 is 33.4 Å². The lowest BCUT2D eigenvalue weighted by Crippen LogP contribution is -2.42. The van der Waals surface area contributed by atoms with E-state index in [2.05, 4.69) is 5.32 Å². The van der Waals surface area contributed by atoms with Gasteiger partial charge in [-0.25, -0.2) is 8.42 Å². The smallest absolute Gasteiger partial charge is 0.243 e. The number of anilines is 1. The Hall–Kier alpha value is -1.05. The monoisotopic (exact) mass is 340 g/mol. The summed E-state index contributed by atoms with van der Waals surface area (Å²) in [5.41, 5.74) is 0.596. The van der Waals surface area contributed by atoms with E-state index in [1.54, 1.807) is 22.5 Å². The van der Waals surface area contributed by atoms with Crippen molar-refractivity contribution in [1.29, 1.82) is 0 Å². The summed E-state index contributed by atoms with van der Waals surface area (Å²) in [6.45, 7) is 4.36. The van der Waals surface area contributed by atoms with Crippen molar-refractivity contribution in [1.82, 2.24) is 4.31 Å². The first kappa shape index (κ1) is 15.8. The highest BCUT2D eigenvalue weighted by Gasteiger charge is 2.32. The van der Waals surface area contributed by atoms with Crippen LogP contribution in [0.3, 0.4) is 0 Å². The molecule has 2 aliphatic rings. The number of piperidine rings is 1. The number of amides is 1. The summed E-state index contributed by atoms with van der Waals surface area (Å²) in [6, 6.07) is 5.05. The first-order chi connectivity index (χ1) is 10.4.